The van der Waals surface area contributed by atoms with Crippen molar-refractivity contribution < 1.29 is 4.79 Å². The van der Waals surface area contributed by atoms with Crippen LogP contribution in [0.15, 0.2) is 18.6 Å². The third-order valence-corrected chi connectivity index (χ3v) is 4.81. The molecule has 1 radical (unpaired) electrons. The molecule has 2 aromatic heterocycles. The van der Waals surface area contributed by atoms with Crippen molar-refractivity contribution >= 4 is 22.8 Å². The van der Waals surface area contributed by atoms with E-state index in [0.29, 0.717) is 12.3 Å². The summed E-state index contributed by atoms with van der Waals surface area (Å²) in [6.07, 6.45) is 6.93. The highest BCUT2D eigenvalue weighted by Crippen LogP contribution is 2.28. The van der Waals surface area contributed by atoms with E-state index >= 15 is 0 Å². The van der Waals surface area contributed by atoms with Crippen molar-refractivity contribution in [3.63, 3.8) is 0 Å². The summed E-state index contributed by atoms with van der Waals surface area (Å²) in [6.45, 7) is 5.78. The molecule has 1 aliphatic heterocycles. The second-order valence-corrected chi connectivity index (χ2v) is 6.33. The van der Waals surface area contributed by atoms with Crippen LogP contribution in [0.3, 0.4) is 0 Å². The van der Waals surface area contributed by atoms with Crippen molar-refractivity contribution in [3.8, 4) is 0 Å². The number of hydrogen-bond acceptors (Lipinski definition) is 4. The maximum Gasteiger partial charge on any atom is 0.222 e. The summed E-state index contributed by atoms with van der Waals surface area (Å²) in [7, 11) is 2.07. The van der Waals surface area contributed by atoms with Crippen LogP contribution in [-0.2, 0) is 4.79 Å². The van der Waals surface area contributed by atoms with Gasteiger partial charge in [-0.15, -0.1) is 0 Å². The fourth-order valence-electron chi connectivity index (χ4n) is 3.38. The van der Waals surface area contributed by atoms with E-state index in [4.69, 9.17) is 0 Å². The van der Waals surface area contributed by atoms with Crippen LogP contribution in [0.25, 0.3) is 11.0 Å². The van der Waals surface area contributed by atoms with E-state index in [1.54, 1.807) is 6.33 Å². The number of anilines is 1. The van der Waals surface area contributed by atoms with Gasteiger partial charge in [-0.25, -0.2) is 9.97 Å². The van der Waals surface area contributed by atoms with E-state index in [9.17, 15) is 4.79 Å². The van der Waals surface area contributed by atoms with Crippen molar-refractivity contribution in [3.05, 3.63) is 25.0 Å². The fourth-order valence-corrected chi connectivity index (χ4v) is 3.38. The van der Waals surface area contributed by atoms with E-state index in [2.05, 4.69) is 33.8 Å². The topological polar surface area (TPSA) is 65.1 Å². The molecule has 0 bridgehead atoms. The van der Waals surface area contributed by atoms with Gasteiger partial charge in [-0.1, -0.05) is 13.8 Å². The van der Waals surface area contributed by atoms with Gasteiger partial charge in [-0.2, -0.15) is 0 Å². The zero-order chi connectivity index (χ0) is 16.4. The Morgan fingerprint density at radius 3 is 3.13 bits per heavy atom. The summed E-state index contributed by atoms with van der Waals surface area (Å²) >= 11 is 0. The molecule has 23 heavy (non-hydrogen) atoms. The molecule has 0 unspecified atom stereocenters. The number of amides is 1. The number of aromatic amines is 1. The molecule has 1 aliphatic rings. The molecule has 0 saturated carbocycles. The average Bonchev–Trinajstić information content (AvgIpc) is 3.03. The summed E-state index contributed by atoms with van der Waals surface area (Å²) in [5, 5.41) is 1.02. The lowest BCUT2D eigenvalue weighted by molar-refractivity contribution is -0.132. The van der Waals surface area contributed by atoms with Crippen LogP contribution >= 0.6 is 0 Å². The number of carbonyl (C=O) groups is 1. The summed E-state index contributed by atoms with van der Waals surface area (Å²) in [5.41, 5.74) is 0.846. The van der Waals surface area contributed by atoms with Crippen LogP contribution in [0.5, 0.6) is 0 Å². The molecule has 1 saturated heterocycles. The van der Waals surface area contributed by atoms with Gasteiger partial charge in [0.1, 0.15) is 17.8 Å². The van der Waals surface area contributed by atoms with Gasteiger partial charge < -0.3 is 14.8 Å². The summed E-state index contributed by atoms with van der Waals surface area (Å²) < 4.78 is 0. The first kappa shape index (κ1) is 15.8. The van der Waals surface area contributed by atoms with Crippen LogP contribution < -0.4 is 4.90 Å². The Balaban J connectivity index is 1.83. The number of rotatable bonds is 4. The fraction of sp³-hybridized carbons (Fsp3) is 0.529. The molecule has 3 heterocycles. The number of likely N-dealkylation sites (tertiary alicyclic amines) is 1. The molecule has 1 fully saturated rings. The Morgan fingerprint density at radius 1 is 1.52 bits per heavy atom. The Labute approximate surface area is 136 Å². The lowest BCUT2D eigenvalue weighted by Crippen LogP contribution is -2.52. The zero-order valence-corrected chi connectivity index (χ0v) is 14.0. The first-order valence-electron chi connectivity index (χ1n) is 8.18. The van der Waals surface area contributed by atoms with Gasteiger partial charge in [0.15, 0.2) is 0 Å². The molecular formula is C17H24N5O. The third kappa shape index (κ3) is 3.02. The molecule has 2 aromatic rings. The third-order valence-electron chi connectivity index (χ3n) is 4.81. The number of nitrogens with zero attached hydrogens (tertiary/aromatic N) is 4. The second kappa shape index (κ2) is 6.56. The number of fused-ring (bicyclic) bond motifs is 1. The molecule has 123 valence electrons. The minimum atomic E-state index is 0.215. The van der Waals surface area contributed by atoms with Crippen LogP contribution in [0, 0.1) is 12.3 Å². The number of hydrogen-bond donors (Lipinski definition) is 1. The minimum absolute atomic E-state index is 0.215. The molecule has 6 nitrogen and oxygen atoms in total. The highest BCUT2D eigenvalue weighted by molar-refractivity contribution is 5.87. The molecule has 3 rings (SSSR count). The number of aromatic nitrogens is 3. The zero-order valence-electron chi connectivity index (χ0n) is 14.0. The van der Waals surface area contributed by atoms with Crippen molar-refractivity contribution in [1.29, 1.82) is 0 Å². The first-order chi connectivity index (χ1) is 11.1. The smallest absolute Gasteiger partial charge is 0.222 e. The highest BCUT2D eigenvalue weighted by atomic mass is 16.2. The summed E-state index contributed by atoms with van der Waals surface area (Å²) in [4.78, 5) is 28.3. The normalized spacial score (nSPS) is 21.6. The van der Waals surface area contributed by atoms with Gasteiger partial charge in [-0.05, 0) is 24.8 Å². The largest absolute Gasteiger partial charge is 0.354 e. The van der Waals surface area contributed by atoms with Gasteiger partial charge >= 0.3 is 0 Å². The Hall–Kier alpha value is -2.11. The number of H-pyrrole nitrogens is 1. The molecule has 6 heteroatoms. The molecular weight excluding hydrogens is 290 g/mol. The van der Waals surface area contributed by atoms with Gasteiger partial charge in [0.05, 0.1) is 11.4 Å². The maximum absolute atomic E-state index is 12.2. The minimum Gasteiger partial charge on any atom is -0.354 e. The Morgan fingerprint density at radius 2 is 2.35 bits per heavy atom. The summed E-state index contributed by atoms with van der Waals surface area (Å²) in [5.74, 6) is 1.65. The van der Waals surface area contributed by atoms with Gasteiger partial charge in [0.25, 0.3) is 0 Å². The maximum atomic E-state index is 12.2. The van der Waals surface area contributed by atoms with E-state index in [0.717, 1.165) is 36.4 Å². The predicted octanol–water partition coefficient (Wildman–Crippen LogP) is 2.25. The van der Waals surface area contributed by atoms with Crippen LogP contribution in [0.4, 0.5) is 5.82 Å². The van der Waals surface area contributed by atoms with Crippen molar-refractivity contribution in [2.24, 2.45) is 5.92 Å². The van der Waals surface area contributed by atoms with Crippen molar-refractivity contribution in [1.82, 2.24) is 19.9 Å². The van der Waals surface area contributed by atoms with Gasteiger partial charge in [0.2, 0.25) is 5.91 Å². The molecule has 1 amide bonds. The molecule has 2 atom stereocenters. The molecule has 0 aliphatic carbocycles. The number of piperidine rings is 1. The number of likely N-dealkylation sites (N-methyl/N-ethyl adjacent to an activating group) is 1. The SMILES string of the molecule is C[CH]CC(=O)N1CC[C@@H](C)[C@@H](N(C)c2ncnc3[nH]ccc23)C1. The van der Waals surface area contributed by atoms with E-state index < -0.39 is 0 Å². The Bertz CT molecular complexity index is 682. The molecule has 1 N–H and O–H groups in total. The van der Waals surface area contributed by atoms with Crippen molar-refractivity contribution in [2.45, 2.75) is 32.7 Å². The average molecular weight is 314 g/mol. The number of carbonyl (C=O) groups excluding carboxylic acids is 1. The van der Waals surface area contributed by atoms with Gasteiger partial charge in [-0.3, -0.25) is 4.79 Å². The summed E-state index contributed by atoms with van der Waals surface area (Å²) in [6, 6.07) is 2.27. The van der Waals surface area contributed by atoms with Crippen molar-refractivity contribution in [2.75, 3.05) is 25.0 Å². The molecule has 0 aromatic carbocycles. The van der Waals surface area contributed by atoms with Crippen LogP contribution in [0.2, 0.25) is 0 Å². The lowest BCUT2D eigenvalue weighted by atomic mass is 9.92. The van der Waals surface area contributed by atoms with Gasteiger partial charge in [0, 0.05) is 32.8 Å². The monoisotopic (exact) mass is 314 g/mol. The highest BCUT2D eigenvalue weighted by Gasteiger charge is 2.32. The van der Waals surface area contributed by atoms with Crippen LogP contribution in [0.1, 0.15) is 26.7 Å². The van der Waals surface area contributed by atoms with E-state index in [1.165, 1.54) is 0 Å². The predicted molar refractivity (Wildman–Crippen MR) is 91.0 cm³/mol. The van der Waals surface area contributed by atoms with E-state index in [-0.39, 0.29) is 11.9 Å². The van der Waals surface area contributed by atoms with Crippen LogP contribution in [-0.4, -0.2) is 51.9 Å². The standard InChI is InChI=1S/C17H24N5O/c1-4-5-15(23)22-9-7-12(2)14(10-22)21(3)17-13-6-8-18-16(13)19-11-20-17/h4,6,8,11-12,14H,5,7,9-10H2,1-3H3,(H,18,19,20)/t12-,14+/m1/s1. The Kier molecular flexibility index (Phi) is 4.50. The second-order valence-electron chi connectivity index (χ2n) is 6.33. The lowest BCUT2D eigenvalue weighted by Gasteiger charge is -2.42. The quantitative estimate of drug-likeness (QED) is 0.940. The first-order valence-corrected chi connectivity index (χ1v) is 8.18. The molecule has 0 spiro atoms. The number of nitrogens with one attached hydrogen (secondary N) is 1. The van der Waals surface area contributed by atoms with E-state index in [1.807, 2.05) is 30.5 Å².